The molecule has 3 nitrogen and oxygen atoms in total. The summed E-state index contributed by atoms with van der Waals surface area (Å²) in [6, 6.07) is 18.6. The van der Waals surface area contributed by atoms with E-state index in [0.717, 1.165) is 18.7 Å². The quantitative estimate of drug-likeness (QED) is 0.683. The lowest BCUT2D eigenvalue weighted by molar-refractivity contribution is 0.488. The van der Waals surface area contributed by atoms with Gasteiger partial charge in [-0.2, -0.15) is 0 Å². The first-order valence-corrected chi connectivity index (χ1v) is 7.28. The summed E-state index contributed by atoms with van der Waals surface area (Å²) in [5.41, 5.74) is 3.55. The molecule has 0 radical (unpaired) electrons. The lowest BCUT2D eigenvalue weighted by Gasteiger charge is -2.28. The zero-order valence-corrected chi connectivity index (χ0v) is 13.0. The van der Waals surface area contributed by atoms with Crippen LogP contribution in [0.1, 0.15) is 18.1 Å². The highest BCUT2D eigenvalue weighted by molar-refractivity contribution is 5.93. The summed E-state index contributed by atoms with van der Waals surface area (Å²) >= 11 is 0. The molecule has 0 saturated carbocycles. The van der Waals surface area contributed by atoms with Gasteiger partial charge < -0.3 is 9.80 Å². The molecule has 0 heterocycles. The summed E-state index contributed by atoms with van der Waals surface area (Å²) in [4.78, 5) is 3.87. The first-order valence-electron chi connectivity index (χ1n) is 7.28. The third-order valence-electron chi connectivity index (χ3n) is 3.65. The lowest BCUT2D eigenvalue weighted by Crippen LogP contribution is -2.39. The molecule has 0 unspecified atom stereocenters. The number of anilines is 1. The summed E-state index contributed by atoms with van der Waals surface area (Å²) in [7, 11) is 3.90. The number of guanidine groups is 1. The molecule has 0 atom stereocenters. The second-order valence-corrected chi connectivity index (χ2v) is 5.25. The smallest absolute Gasteiger partial charge is 0.198 e. The monoisotopic (exact) mass is 281 g/mol. The maximum atomic E-state index is 8.37. The molecule has 3 heteroatoms. The Morgan fingerprint density at radius 3 is 2.29 bits per heavy atom. The molecule has 110 valence electrons. The molecule has 0 saturated heterocycles. The average molecular weight is 281 g/mol. The fourth-order valence-corrected chi connectivity index (χ4v) is 2.30. The van der Waals surface area contributed by atoms with Crippen LogP contribution in [0.2, 0.25) is 0 Å². The molecule has 2 aromatic carbocycles. The van der Waals surface area contributed by atoms with E-state index in [0.29, 0.717) is 5.96 Å². The summed E-state index contributed by atoms with van der Waals surface area (Å²) in [6.45, 7) is 2.88. The minimum atomic E-state index is 0.493. The van der Waals surface area contributed by atoms with Crippen LogP contribution in [0.5, 0.6) is 0 Å². The molecule has 0 spiro atoms. The van der Waals surface area contributed by atoms with E-state index in [9.17, 15) is 0 Å². The van der Waals surface area contributed by atoms with E-state index in [1.54, 1.807) is 0 Å². The zero-order valence-electron chi connectivity index (χ0n) is 13.0. The molecule has 2 rings (SSSR count). The normalized spacial score (nSPS) is 10.2. The number of hydrogen-bond donors (Lipinski definition) is 1. The Bertz CT molecular complexity index is 592. The van der Waals surface area contributed by atoms with Gasteiger partial charge in [0.2, 0.25) is 0 Å². The van der Waals surface area contributed by atoms with Crippen LogP contribution in [0.25, 0.3) is 0 Å². The Morgan fingerprint density at radius 2 is 1.62 bits per heavy atom. The summed E-state index contributed by atoms with van der Waals surface area (Å²) in [5.74, 6) is 0.493. The molecule has 1 N–H and O–H groups in total. The Labute approximate surface area is 127 Å². The lowest BCUT2D eigenvalue weighted by atomic mass is 10.1. The molecule has 0 aliphatic rings. The van der Waals surface area contributed by atoms with E-state index in [2.05, 4.69) is 37.3 Å². The number of nitrogens with zero attached hydrogens (tertiary/aromatic N) is 2. The minimum Gasteiger partial charge on any atom is -0.341 e. The van der Waals surface area contributed by atoms with Gasteiger partial charge in [0.25, 0.3) is 0 Å². The molecule has 21 heavy (non-hydrogen) atoms. The van der Waals surface area contributed by atoms with Crippen molar-refractivity contribution in [2.45, 2.75) is 19.9 Å². The highest BCUT2D eigenvalue weighted by Gasteiger charge is 2.12. The highest BCUT2D eigenvalue weighted by Crippen LogP contribution is 2.16. The summed E-state index contributed by atoms with van der Waals surface area (Å²) in [5, 5.41) is 8.37. The van der Waals surface area contributed by atoms with Gasteiger partial charge in [-0.05, 0) is 29.7 Å². The number of hydrogen-bond acceptors (Lipinski definition) is 1. The van der Waals surface area contributed by atoms with Crippen molar-refractivity contribution in [3.8, 4) is 0 Å². The van der Waals surface area contributed by atoms with Crippen LogP contribution in [0, 0.1) is 5.41 Å². The Hall–Kier alpha value is -2.29. The number of aryl methyl sites for hydroxylation is 1. The second kappa shape index (κ2) is 6.93. The third kappa shape index (κ3) is 3.85. The number of rotatable bonds is 4. The first-order chi connectivity index (χ1) is 10.1. The summed E-state index contributed by atoms with van der Waals surface area (Å²) in [6.07, 6.45) is 1.01. The number of nitrogens with one attached hydrogen (secondary N) is 1. The Morgan fingerprint density at radius 1 is 0.952 bits per heavy atom. The van der Waals surface area contributed by atoms with Crippen LogP contribution in [-0.2, 0) is 13.0 Å². The van der Waals surface area contributed by atoms with Gasteiger partial charge in [0.15, 0.2) is 5.96 Å². The maximum absolute atomic E-state index is 8.37. The predicted octanol–water partition coefficient (Wildman–Crippen LogP) is 3.75. The molecule has 0 bridgehead atoms. The van der Waals surface area contributed by atoms with Crippen LogP contribution in [0.3, 0.4) is 0 Å². The Balaban J connectivity index is 2.07. The van der Waals surface area contributed by atoms with Gasteiger partial charge in [0.1, 0.15) is 0 Å². The average Bonchev–Trinajstić information content (AvgIpc) is 2.54. The number of benzene rings is 2. The van der Waals surface area contributed by atoms with Crippen molar-refractivity contribution in [1.29, 1.82) is 5.41 Å². The minimum absolute atomic E-state index is 0.493. The van der Waals surface area contributed by atoms with Gasteiger partial charge in [-0.25, -0.2) is 0 Å². The van der Waals surface area contributed by atoms with Gasteiger partial charge in [-0.3, -0.25) is 5.41 Å². The summed E-state index contributed by atoms with van der Waals surface area (Å²) < 4.78 is 0. The largest absolute Gasteiger partial charge is 0.341 e. The van der Waals surface area contributed by atoms with Crippen molar-refractivity contribution >= 4 is 11.6 Å². The first kappa shape index (κ1) is 15.1. The van der Waals surface area contributed by atoms with Crippen LogP contribution in [0.4, 0.5) is 5.69 Å². The fourth-order valence-electron chi connectivity index (χ4n) is 2.30. The van der Waals surface area contributed by atoms with Crippen molar-refractivity contribution in [3.63, 3.8) is 0 Å². The van der Waals surface area contributed by atoms with Crippen LogP contribution >= 0.6 is 0 Å². The van der Waals surface area contributed by atoms with E-state index >= 15 is 0 Å². The molecule has 2 aromatic rings. The molecule has 0 amide bonds. The fraction of sp³-hybridized carbons (Fsp3) is 0.278. The van der Waals surface area contributed by atoms with E-state index in [1.165, 1.54) is 11.1 Å². The van der Waals surface area contributed by atoms with Gasteiger partial charge in [-0.1, -0.05) is 49.4 Å². The van der Waals surface area contributed by atoms with E-state index in [-0.39, 0.29) is 0 Å². The van der Waals surface area contributed by atoms with Crippen molar-refractivity contribution in [1.82, 2.24) is 4.90 Å². The van der Waals surface area contributed by atoms with Crippen molar-refractivity contribution in [3.05, 3.63) is 65.7 Å². The standard InChI is InChI=1S/C18H23N3/c1-4-15-11-8-12-17(13-15)21(3)18(19)20(2)14-16-9-6-5-7-10-16/h5-13,19H,4,14H2,1-3H3. The second-order valence-electron chi connectivity index (χ2n) is 5.25. The predicted molar refractivity (Wildman–Crippen MR) is 89.9 cm³/mol. The topological polar surface area (TPSA) is 30.3 Å². The molecule has 0 fully saturated rings. The highest BCUT2D eigenvalue weighted by atomic mass is 15.3. The van der Waals surface area contributed by atoms with Crippen molar-refractivity contribution in [2.75, 3.05) is 19.0 Å². The maximum Gasteiger partial charge on any atom is 0.198 e. The molecule has 0 aliphatic heterocycles. The third-order valence-corrected chi connectivity index (χ3v) is 3.65. The van der Waals surface area contributed by atoms with E-state index in [1.807, 2.05) is 48.2 Å². The zero-order chi connectivity index (χ0) is 15.2. The van der Waals surface area contributed by atoms with Gasteiger partial charge in [0.05, 0.1) is 0 Å². The van der Waals surface area contributed by atoms with E-state index in [4.69, 9.17) is 5.41 Å². The molecular formula is C18H23N3. The van der Waals surface area contributed by atoms with Crippen LogP contribution < -0.4 is 4.90 Å². The van der Waals surface area contributed by atoms with Crippen LogP contribution in [0.15, 0.2) is 54.6 Å². The van der Waals surface area contributed by atoms with Gasteiger partial charge in [0, 0.05) is 26.3 Å². The van der Waals surface area contributed by atoms with Gasteiger partial charge in [-0.15, -0.1) is 0 Å². The molecule has 0 aromatic heterocycles. The van der Waals surface area contributed by atoms with E-state index < -0.39 is 0 Å². The van der Waals surface area contributed by atoms with Crippen molar-refractivity contribution < 1.29 is 0 Å². The van der Waals surface area contributed by atoms with Gasteiger partial charge >= 0.3 is 0 Å². The molecular weight excluding hydrogens is 258 g/mol. The van der Waals surface area contributed by atoms with Crippen molar-refractivity contribution in [2.24, 2.45) is 0 Å². The Kier molecular flexibility index (Phi) is 4.99. The molecule has 0 aliphatic carbocycles. The van der Waals surface area contributed by atoms with Crippen LogP contribution in [-0.4, -0.2) is 25.0 Å². The SMILES string of the molecule is CCc1cccc(N(C)C(=N)N(C)Cc2ccccc2)c1.